The van der Waals surface area contributed by atoms with Crippen LogP contribution in [0.5, 0.6) is 11.5 Å². The third kappa shape index (κ3) is 7.93. The van der Waals surface area contributed by atoms with Gasteiger partial charge in [-0.2, -0.15) is 0 Å². The predicted molar refractivity (Wildman–Crippen MR) is 141 cm³/mol. The van der Waals surface area contributed by atoms with Crippen LogP contribution in [0.1, 0.15) is 12.5 Å². The van der Waals surface area contributed by atoms with Gasteiger partial charge in [-0.3, -0.25) is 9.89 Å². The van der Waals surface area contributed by atoms with Crippen LogP contribution in [-0.2, 0) is 19.0 Å². The van der Waals surface area contributed by atoms with Crippen molar-refractivity contribution in [3.05, 3.63) is 54.1 Å². The molecular formula is C26H32N2O8S. The number of carbonyl (C=O) groups is 2. The van der Waals surface area contributed by atoms with Gasteiger partial charge in [0.1, 0.15) is 11.7 Å². The summed E-state index contributed by atoms with van der Waals surface area (Å²) in [4.78, 5) is 30.6. The molecule has 1 N–H and O–H groups in total. The van der Waals surface area contributed by atoms with Crippen molar-refractivity contribution >= 4 is 34.6 Å². The Kier molecular flexibility index (Phi) is 10.8. The van der Waals surface area contributed by atoms with Gasteiger partial charge in [-0.15, -0.1) is 11.8 Å². The maximum Gasteiger partial charge on any atom is 0.419 e. The van der Waals surface area contributed by atoms with E-state index >= 15 is 0 Å². The number of amides is 1. The van der Waals surface area contributed by atoms with Gasteiger partial charge >= 0.3 is 12.1 Å². The number of nitrogens with zero attached hydrogens (tertiary/aromatic N) is 2. The molecule has 0 unspecified atom stereocenters. The summed E-state index contributed by atoms with van der Waals surface area (Å²) >= 11 is 1.29. The molecule has 37 heavy (non-hydrogen) atoms. The third-order valence-corrected chi connectivity index (χ3v) is 6.70. The Labute approximate surface area is 220 Å². The first-order valence-electron chi connectivity index (χ1n) is 11.7. The highest BCUT2D eigenvalue weighted by molar-refractivity contribution is 8.14. The molecule has 2 aromatic carbocycles. The molecule has 1 atom stereocenters. The van der Waals surface area contributed by atoms with E-state index in [4.69, 9.17) is 23.7 Å². The predicted octanol–water partition coefficient (Wildman–Crippen LogP) is 3.72. The number of para-hydroxylation sites is 2. The number of aliphatic imine (C=N–C) groups is 1. The maximum absolute atomic E-state index is 13.1. The second-order valence-corrected chi connectivity index (χ2v) is 9.21. The van der Waals surface area contributed by atoms with Crippen molar-refractivity contribution < 1.29 is 38.4 Å². The molecular weight excluding hydrogens is 500 g/mol. The van der Waals surface area contributed by atoms with Crippen LogP contribution in [0.3, 0.4) is 0 Å². The number of hydrogen-bond donors (Lipinski definition) is 1. The molecule has 0 spiro atoms. The number of anilines is 1. The number of carboxylic acids is 1. The van der Waals surface area contributed by atoms with E-state index in [2.05, 4.69) is 4.99 Å². The molecule has 0 saturated carbocycles. The Morgan fingerprint density at radius 3 is 2.32 bits per heavy atom. The molecule has 1 aliphatic rings. The van der Waals surface area contributed by atoms with Gasteiger partial charge in [0.15, 0.2) is 17.0 Å². The van der Waals surface area contributed by atoms with E-state index in [1.54, 1.807) is 51.4 Å². The van der Waals surface area contributed by atoms with Crippen LogP contribution in [0.15, 0.2) is 53.5 Å². The minimum Gasteiger partial charge on any atom is -0.487 e. The first-order chi connectivity index (χ1) is 17.9. The van der Waals surface area contributed by atoms with Crippen LogP contribution >= 0.6 is 11.8 Å². The highest BCUT2D eigenvalue weighted by atomic mass is 32.2. The lowest BCUT2D eigenvalue weighted by Crippen LogP contribution is -2.33. The number of benzene rings is 2. The molecule has 3 rings (SSSR count). The lowest BCUT2D eigenvalue weighted by atomic mass is 10.1. The topological polar surface area (TPSA) is 116 Å². The van der Waals surface area contributed by atoms with Crippen LogP contribution < -0.4 is 14.4 Å². The number of carbonyl (C=O) groups excluding carboxylic acids is 1. The quantitative estimate of drug-likeness (QED) is 0.363. The number of methoxy groups -OCH3 is 1. The number of thioether (sulfide) groups is 1. The number of hydrogen-bond acceptors (Lipinski definition) is 9. The normalized spacial score (nSPS) is 16.8. The molecule has 1 heterocycles. The van der Waals surface area contributed by atoms with Crippen LogP contribution in [0.25, 0.3) is 0 Å². The largest absolute Gasteiger partial charge is 0.487 e. The lowest BCUT2D eigenvalue weighted by molar-refractivity contribution is -0.141. The minimum absolute atomic E-state index is 0.166. The van der Waals surface area contributed by atoms with Gasteiger partial charge in [-0.1, -0.05) is 24.3 Å². The standard InChI is InChI=1S/C26H32N2O8S/c1-26(24(29)30)18-37-23(27-26)20-10-7-11-21(35-17-16-34-15-14-33-13-12-32-3)22(20)36-25(31)28(2)19-8-5-4-6-9-19/h4-11H,12-18H2,1-3H3,(H,29,30)/t26-/m1/s1. The summed E-state index contributed by atoms with van der Waals surface area (Å²) in [5, 5.41) is 10.0. The fraction of sp³-hybridized carbons (Fsp3) is 0.423. The summed E-state index contributed by atoms with van der Waals surface area (Å²) in [5.41, 5.74) is -0.132. The Balaban J connectivity index is 1.75. The Morgan fingerprint density at radius 2 is 1.68 bits per heavy atom. The van der Waals surface area contributed by atoms with Crippen molar-refractivity contribution in [2.24, 2.45) is 4.99 Å². The Morgan fingerprint density at radius 1 is 1.00 bits per heavy atom. The molecule has 2 aromatic rings. The van der Waals surface area contributed by atoms with E-state index in [1.807, 2.05) is 18.2 Å². The summed E-state index contributed by atoms with van der Waals surface area (Å²) in [6.07, 6.45) is -0.627. The highest BCUT2D eigenvalue weighted by Crippen LogP contribution is 2.39. The van der Waals surface area contributed by atoms with E-state index in [0.29, 0.717) is 55.1 Å². The lowest BCUT2D eigenvalue weighted by Gasteiger charge is -2.20. The summed E-state index contributed by atoms with van der Waals surface area (Å²) in [6, 6.07) is 14.2. The first-order valence-corrected chi connectivity index (χ1v) is 12.7. The summed E-state index contributed by atoms with van der Waals surface area (Å²) < 4.78 is 27.5. The monoisotopic (exact) mass is 532 g/mol. The van der Waals surface area contributed by atoms with Crippen LogP contribution in [0.2, 0.25) is 0 Å². The molecule has 0 radical (unpaired) electrons. The van der Waals surface area contributed by atoms with Gasteiger partial charge < -0.3 is 28.8 Å². The molecule has 200 valence electrons. The van der Waals surface area contributed by atoms with E-state index in [-0.39, 0.29) is 18.1 Å². The Bertz CT molecular complexity index is 1080. The summed E-state index contributed by atoms with van der Waals surface area (Å²) in [6.45, 7) is 3.91. The second-order valence-electron chi connectivity index (χ2n) is 8.25. The Hall–Kier alpha value is -3.12. The van der Waals surface area contributed by atoms with E-state index in [1.165, 1.54) is 16.7 Å². The number of rotatable bonds is 14. The molecule has 0 bridgehead atoms. The van der Waals surface area contributed by atoms with Crippen molar-refractivity contribution in [1.82, 2.24) is 0 Å². The van der Waals surface area contributed by atoms with Crippen LogP contribution in [-0.4, -0.2) is 87.3 Å². The van der Waals surface area contributed by atoms with Crippen molar-refractivity contribution in [1.29, 1.82) is 0 Å². The molecule has 1 amide bonds. The first kappa shape index (κ1) is 28.5. The van der Waals surface area contributed by atoms with Gasteiger partial charge in [0, 0.05) is 25.6 Å². The zero-order valence-corrected chi connectivity index (χ0v) is 22.0. The van der Waals surface area contributed by atoms with E-state index < -0.39 is 17.6 Å². The zero-order valence-electron chi connectivity index (χ0n) is 21.2. The number of carboxylic acid groups (broad SMARTS) is 1. The van der Waals surface area contributed by atoms with Gasteiger partial charge in [0.05, 0.1) is 38.6 Å². The van der Waals surface area contributed by atoms with Crippen molar-refractivity contribution in [3.8, 4) is 11.5 Å². The number of ether oxygens (including phenoxy) is 5. The molecule has 0 aliphatic carbocycles. The zero-order chi connectivity index (χ0) is 26.7. The number of aliphatic carboxylic acids is 1. The third-order valence-electron chi connectivity index (χ3n) is 5.40. The highest BCUT2D eigenvalue weighted by Gasteiger charge is 2.39. The average molecular weight is 533 g/mol. The smallest absolute Gasteiger partial charge is 0.419 e. The van der Waals surface area contributed by atoms with Crippen molar-refractivity contribution in [2.75, 3.05) is 64.5 Å². The molecule has 0 saturated heterocycles. The van der Waals surface area contributed by atoms with Crippen molar-refractivity contribution in [2.45, 2.75) is 12.5 Å². The summed E-state index contributed by atoms with van der Waals surface area (Å²) in [5.74, 6) is -0.271. The maximum atomic E-state index is 13.1. The van der Waals surface area contributed by atoms with Gasteiger partial charge in [-0.25, -0.2) is 9.59 Å². The second kappa shape index (κ2) is 14.0. The van der Waals surface area contributed by atoms with Crippen molar-refractivity contribution in [3.63, 3.8) is 0 Å². The SMILES string of the molecule is COCCOCCOCCOc1cccc(C2=N[C@@](C)(C(=O)O)CS2)c1OC(=O)N(C)c1ccccc1. The molecule has 10 nitrogen and oxygen atoms in total. The molecule has 1 aliphatic heterocycles. The van der Waals surface area contributed by atoms with Gasteiger partial charge in [0.2, 0.25) is 0 Å². The molecule has 0 fully saturated rings. The fourth-order valence-electron chi connectivity index (χ4n) is 3.24. The van der Waals surface area contributed by atoms with E-state index in [0.717, 1.165) is 0 Å². The van der Waals surface area contributed by atoms with E-state index in [9.17, 15) is 14.7 Å². The van der Waals surface area contributed by atoms with Gasteiger partial charge in [-0.05, 0) is 31.2 Å². The summed E-state index contributed by atoms with van der Waals surface area (Å²) in [7, 11) is 3.22. The molecule has 0 aromatic heterocycles. The average Bonchev–Trinajstić information content (AvgIpc) is 3.31. The fourth-order valence-corrected chi connectivity index (χ4v) is 4.42. The van der Waals surface area contributed by atoms with Gasteiger partial charge in [0.25, 0.3) is 0 Å². The molecule has 11 heteroatoms. The minimum atomic E-state index is -1.27. The van der Waals surface area contributed by atoms with Crippen LogP contribution in [0.4, 0.5) is 10.5 Å². The van der Waals surface area contributed by atoms with Crippen LogP contribution in [0, 0.1) is 0 Å².